The summed E-state index contributed by atoms with van der Waals surface area (Å²) < 4.78 is 14.4. The summed E-state index contributed by atoms with van der Waals surface area (Å²) in [5.74, 6) is -1.17. The molecule has 0 bridgehead atoms. The molecule has 0 saturated heterocycles. The van der Waals surface area contributed by atoms with E-state index in [2.05, 4.69) is 26.6 Å². The molecule has 0 fully saturated rings. The van der Waals surface area contributed by atoms with E-state index in [-0.39, 0.29) is 36.3 Å². The fourth-order valence-electron chi connectivity index (χ4n) is 2.60. The Balaban J connectivity index is 1.69. The van der Waals surface area contributed by atoms with Crippen molar-refractivity contribution in [1.82, 2.24) is 10.6 Å². The van der Waals surface area contributed by atoms with Crippen LogP contribution in [0.25, 0.3) is 0 Å². The lowest BCUT2D eigenvalue weighted by Crippen LogP contribution is -2.39. The Morgan fingerprint density at radius 2 is 1.64 bits per heavy atom. The van der Waals surface area contributed by atoms with Gasteiger partial charge in [-0.15, -0.1) is 0 Å². The highest BCUT2D eigenvalue weighted by Crippen LogP contribution is 2.12. The Labute approximate surface area is 171 Å². The molecule has 148 valence electrons. The number of benzene rings is 2. The van der Waals surface area contributed by atoms with Crippen molar-refractivity contribution in [2.75, 3.05) is 6.54 Å². The number of amides is 2. The minimum absolute atomic E-state index is 0.00228. The zero-order chi connectivity index (χ0) is 20.5. The third kappa shape index (κ3) is 6.88. The molecule has 0 unspecified atom stereocenters. The van der Waals surface area contributed by atoms with E-state index in [1.807, 2.05) is 0 Å². The maximum Gasteiger partial charge on any atom is 0.221 e. The maximum absolute atomic E-state index is 13.5. The highest BCUT2D eigenvalue weighted by Gasteiger charge is 2.17. The van der Waals surface area contributed by atoms with Crippen LogP contribution in [0.3, 0.4) is 0 Å². The molecule has 0 spiro atoms. The molecule has 0 radical (unpaired) electrons. The first-order valence-corrected chi connectivity index (χ1v) is 9.75. The molecule has 2 N–H and O–H groups in total. The van der Waals surface area contributed by atoms with Crippen LogP contribution >= 0.6 is 15.9 Å². The molecular formula is C21H22BrFN2O3. The maximum atomic E-state index is 13.5. The summed E-state index contributed by atoms with van der Waals surface area (Å²) in [4.78, 5) is 36.1. The second kappa shape index (κ2) is 10.7. The average molecular weight is 449 g/mol. The topological polar surface area (TPSA) is 75.3 Å². The Morgan fingerprint density at radius 3 is 2.32 bits per heavy atom. The lowest BCUT2D eigenvalue weighted by atomic mass is 10.1. The molecule has 0 aliphatic heterocycles. The second-order valence-electron chi connectivity index (χ2n) is 6.35. The monoisotopic (exact) mass is 448 g/mol. The van der Waals surface area contributed by atoms with Gasteiger partial charge in [0, 0.05) is 29.4 Å². The van der Waals surface area contributed by atoms with E-state index in [0.29, 0.717) is 24.1 Å². The number of hydrogen-bond donors (Lipinski definition) is 2. The molecular weight excluding hydrogens is 427 g/mol. The number of carbonyl (C=O) groups is 3. The summed E-state index contributed by atoms with van der Waals surface area (Å²) in [6.45, 7) is 1.90. The summed E-state index contributed by atoms with van der Waals surface area (Å²) in [6, 6.07) is 12.6. The summed E-state index contributed by atoms with van der Waals surface area (Å²) in [5.41, 5.74) is 1.03. The Kier molecular flexibility index (Phi) is 8.32. The highest BCUT2D eigenvalue weighted by molar-refractivity contribution is 9.10. The number of rotatable bonds is 9. The van der Waals surface area contributed by atoms with Crippen molar-refractivity contribution >= 4 is 33.5 Å². The molecule has 2 amide bonds. The smallest absolute Gasteiger partial charge is 0.221 e. The normalized spacial score (nSPS) is 11.5. The van der Waals surface area contributed by atoms with E-state index in [9.17, 15) is 18.8 Å². The highest BCUT2D eigenvalue weighted by atomic mass is 79.9. The van der Waals surface area contributed by atoms with Crippen LogP contribution in [-0.2, 0) is 16.0 Å². The summed E-state index contributed by atoms with van der Waals surface area (Å²) in [7, 11) is 0. The van der Waals surface area contributed by atoms with Gasteiger partial charge in [-0.3, -0.25) is 14.4 Å². The minimum Gasteiger partial charge on any atom is -0.356 e. The molecule has 28 heavy (non-hydrogen) atoms. The van der Waals surface area contributed by atoms with Crippen molar-refractivity contribution in [2.45, 2.75) is 32.2 Å². The van der Waals surface area contributed by atoms with Crippen LogP contribution in [-0.4, -0.2) is 30.2 Å². The predicted molar refractivity (Wildman–Crippen MR) is 108 cm³/mol. The lowest BCUT2D eigenvalue weighted by Gasteiger charge is -2.13. The largest absolute Gasteiger partial charge is 0.356 e. The first-order valence-electron chi connectivity index (χ1n) is 8.96. The van der Waals surface area contributed by atoms with E-state index < -0.39 is 6.04 Å². The van der Waals surface area contributed by atoms with Crippen LogP contribution in [0, 0.1) is 5.82 Å². The van der Waals surface area contributed by atoms with Gasteiger partial charge in [-0.2, -0.15) is 0 Å². The summed E-state index contributed by atoms with van der Waals surface area (Å²) >= 11 is 3.30. The molecule has 2 aromatic carbocycles. The third-order valence-corrected chi connectivity index (χ3v) is 4.68. The number of halogens is 2. The van der Waals surface area contributed by atoms with Crippen LogP contribution in [0.5, 0.6) is 0 Å². The lowest BCUT2D eigenvalue weighted by molar-refractivity contribution is -0.126. The number of nitrogens with one attached hydrogen (secondary N) is 2. The van der Waals surface area contributed by atoms with Gasteiger partial charge >= 0.3 is 0 Å². The zero-order valence-electron chi connectivity index (χ0n) is 15.5. The molecule has 0 aliphatic rings. The molecule has 2 rings (SSSR count). The number of Topliss-reactive ketones (excluding diaryl/α,β-unsaturated/α-hetero) is 1. The van der Waals surface area contributed by atoms with Gasteiger partial charge in [0.25, 0.3) is 0 Å². The third-order valence-electron chi connectivity index (χ3n) is 4.15. The Bertz CT molecular complexity index is 840. The summed E-state index contributed by atoms with van der Waals surface area (Å²) in [6.07, 6.45) is 0.356. The van der Waals surface area contributed by atoms with Crippen LogP contribution in [0.4, 0.5) is 4.39 Å². The van der Waals surface area contributed by atoms with Gasteiger partial charge < -0.3 is 10.6 Å². The number of hydrogen-bond acceptors (Lipinski definition) is 3. The molecule has 0 heterocycles. The molecule has 0 aromatic heterocycles. The standard InChI is InChI=1S/C21H22BrFN2O3/c1-14(21(28)16-6-8-17(22)9-7-16)25-20(27)11-10-19(26)24-13-12-15-4-2-3-5-18(15)23/h2-9,14H,10-13H2,1H3,(H,24,26)(H,25,27)/t14-/m1/s1. The van der Waals surface area contributed by atoms with Gasteiger partial charge in [-0.05, 0) is 37.1 Å². The van der Waals surface area contributed by atoms with Crippen molar-refractivity contribution in [3.8, 4) is 0 Å². The van der Waals surface area contributed by atoms with Crippen molar-refractivity contribution in [3.05, 3.63) is 69.9 Å². The fraction of sp³-hybridized carbons (Fsp3) is 0.286. The average Bonchev–Trinajstić information content (AvgIpc) is 2.68. The van der Waals surface area contributed by atoms with Crippen molar-refractivity contribution in [2.24, 2.45) is 0 Å². The van der Waals surface area contributed by atoms with E-state index in [0.717, 1.165) is 4.47 Å². The molecule has 2 aromatic rings. The number of carbonyl (C=O) groups excluding carboxylic acids is 3. The first-order chi connectivity index (χ1) is 13.4. The van der Waals surface area contributed by atoms with Crippen molar-refractivity contribution in [1.29, 1.82) is 0 Å². The van der Waals surface area contributed by atoms with Gasteiger partial charge in [0.1, 0.15) is 5.82 Å². The first kappa shape index (κ1) is 21.8. The van der Waals surface area contributed by atoms with E-state index in [1.54, 1.807) is 49.4 Å². The Hall–Kier alpha value is -2.54. The van der Waals surface area contributed by atoms with E-state index in [4.69, 9.17) is 0 Å². The van der Waals surface area contributed by atoms with Crippen LogP contribution in [0.15, 0.2) is 53.0 Å². The van der Waals surface area contributed by atoms with Crippen molar-refractivity contribution in [3.63, 3.8) is 0 Å². The van der Waals surface area contributed by atoms with Crippen LogP contribution in [0.2, 0.25) is 0 Å². The Morgan fingerprint density at radius 1 is 1.00 bits per heavy atom. The SMILES string of the molecule is C[C@@H](NC(=O)CCC(=O)NCCc1ccccc1F)C(=O)c1ccc(Br)cc1. The molecule has 0 saturated carbocycles. The zero-order valence-corrected chi connectivity index (χ0v) is 17.1. The van der Waals surface area contributed by atoms with Crippen molar-refractivity contribution < 1.29 is 18.8 Å². The van der Waals surface area contributed by atoms with Gasteiger partial charge in [0.2, 0.25) is 11.8 Å². The minimum atomic E-state index is -0.683. The molecule has 5 nitrogen and oxygen atoms in total. The van der Waals surface area contributed by atoms with E-state index >= 15 is 0 Å². The van der Waals surface area contributed by atoms with Crippen LogP contribution in [0.1, 0.15) is 35.7 Å². The molecule has 1 atom stereocenters. The fourth-order valence-corrected chi connectivity index (χ4v) is 2.86. The quantitative estimate of drug-likeness (QED) is 0.577. The van der Waals surface area contributed by atoms with Gasteiger partial charge in [-0.25, -0.2) is 4.39 Å². The summed E-state index contributed by atoms with van der Waals surface area (Å²) in [5, 5.41) is 5.27. The van der Waals surface area contributed by atoms with Gasteiger partial charge in [0.15, 0.2) is 5.78 Å². The number of ketones is 1. The predicted octanol–water partition coefficient (Wildman–Crippen LogP) is 3.41. The van der Waals surface area contributed by atoms with Gasteiger partial charge in [0.05, 0.1) is 6.04 Å². The van der Waals surface area contributed by atoms with Crippen LogP contribution < -0.4 is 10.6 Å². The molecule has 0 aliphatic carbocycles. The van der Waals surface area contributed by atoms with E-state index in [1.165, 1.54) is 6.07 Å². The molecule has 7 heteroatoms. The second-order valence-corrected chi connectivity index (χ2v) is 7.27. The van der Waals surface area contributed by atoms with Gasteiger partial charge in [-0.1, -0.05) is 46.3 Å².